The van der Waals surface area contributed by atoms with E-state index in [9.17, 15) is 4.79 Å². The van der Waals surface area contributed by atoms with E-state index in [0.29, 0.717) is 0 Å². The minimum atomic E-state index is -0.368. The van der Waals surface area contributed by atoms with Gasteiger partial charge in [-0.05, 0) is 17.7 Å². The topological polar surface area (TPSA) is 49.6 Å². The van der Waals surface area contributed by atoms with E-state index in [0.717, 1.165) is 0 Å². The molecule has 0 bridgehead atoms. The summed E-state index contributed by atoms with van der Waals surface area (Å²) in [5, 5.41) is 8.36. The molecule has 0 aromatic heterocycles. The third kappa shape index (κ3) is 2.40. The molecule has 0 heterocycles. The van der Waals surface area contributed by atoms with Crippen LogP contribution in [0, 0.1) is 24.5 Å². The van der Waals surface area contributed by atoms with E-state index >= 15 is 0 Å². The minimum Gasteiger partial charge on any atom is -0.293 e. The van der Waals surface area contributed by atoms with Crippen molar-refractivity contribution in [3.05, 3.63) is 46.6 Å². The van der Waals surface area contributed by atoms with Crippen molar-refractivity contribution < 1.29 is 4.79 Å². The lowest BCUT2D eigenvalue weighted by atomic mass is 10.1. The highest BCUT2D eigenvalue weighted by Crippen LogP contribution is 2.24. The van der Waals surface area contributed by atoms with Crippen molar-refractivity contribution in [2.75, 3.05) is 0 Å². The molecule has 0 aliphatic heterocycles. The van der Waals surface area contributed by atoms with Crippen LogP contribution in [-0.2, 0) is 0 Å². The lowest BCUT2D eigenvalue weighted by Crippen LogP contribution is -1.96. The van der Waals surface area contributed by atoms with Gasteiger partial charge in [-0.3, -0.25) is 4.79 Å². The second-order valence-corrected chi connectivity index (χ2v) is 2.72. The average molecular weight is 195 g/mol. The first-order valence-corrected chi connectivity index (χ1v) is 4.01. The maximum Gasteiger partial charge on any atom is 0.177 e. The van der Waals surface area contributed by atoms with Crippen LogP contribution < -0.4 is 0 Å². The molecule has 1 aromatic carbocycles. The van der Waals surface area contributed by atoms with Crippen molar-refractivity contribution in [3.8, 4) is 6.07 Å². The maximum atomic E-state index is 11.4. The molecule has 0 saturated carbocycles. The fraction of sp³-hybridized carbons (Fsp3) is 0.0909. The molecule has 0 amide bonds. The Kier molecular flexibility index (Phi) is 3.17. The number of nitrogens with zero attached hydrogens (tertiary/aromatic N) is 3. The summed E-state index contributed by atoms with van der Waals surface area (Å²) in [4.78, 5) is 17.7. The van der Waals surface area contributed by atoms with Crippen LogP contribution in [0.5, 0.6) is 0 Å². The van der Waals surface area contributed by atoms with Gasteiger partial charge in [-0.1, -0.05) is 6.07 Å². The van der Waals surface area contributed by atoms with Crippen LogP contribution in [0.1, 0.15) is 16.8 Å². The van der Waals surface area contributed by atoms with Crippen LogP contribution in [0.4, 0.5) is 11.4 Å². The highest BCUT2D eigenvalue weighted by molar-refractivity contribution is 5.99. The summed E-state index contributed by atoms with van der Waals surface area (Å²) in [6.45, 7) is 13.6. The molecule has 1 aromatic rings. The van der Waals surface area contributed by atoms with Gasteiger partial charge in [0.2, 0.25) is 0 Å². The lowest BCUT2D eigenvalue weighted by molar-refractivity contribution is 0.0998. The number of carbonyl (C=O) groups excluding carboxylic acids is 1. The second-order valence-electron chi connectivity index (χ2n) is 2.72. The Morgan fingerprint density at radius 1 is 1.27 bits per heavy atom. The first-order chi connectivity index (χ1) is 7.21. The zero-order valence-corrected chi connectivity index (χ0v) is 7.69. The molecule has 0 spiro atoms. The van der Waals surface area contributed by atoms with Crippen molar-refractivity contribution >= 4 is 17.2 Å². The van der Waals surface area contributed by atoms with E-state index in [4.69, 9.17) is 18.4 Å². The van der Waals surface area contributed by atoms with Gasteiger partial charge in [-0.2, -0.15) is 5.26 Å². The highest BCUT2D eigenvalue weighted by atomic mass is 16.1. The molecule has 4 heteroatoms. The number of carbonyl (C=O) groups is 1. The first-order valence-electron chi connectivity index (χ1n) is 4.01. The molecule has 15 heavy (non-hydrogen) atoms. The number of hydrogen-bond acceptors (Lipinski definition) is 2. The van der Waals surface area contributed by atoms with E-state index in [1.165, 1.54) is 18.2 Å². The predicted molar refractivity (Wildman–Crippen MR) is 53.5 cm³/mol. The zero-order valence-electron chi connectivity index (χ0n) is 7.69. The van der Waals surface area contributed by atoms with Gasteiger partial charge in [0.1, 0.15) is 0 Å². The SMILES string of the molecule is [C-]#[N+]c1cc([N+]#[C-])cc(C(=O)CC#N)c1. The Labute approximate surface area is 87.0 Å². The largest absolute Gasteiger partial charge is 0.293 e. The van der Waals surface area contributed by atoms with Crippen molar-refractivity contribution in [2.45, 2.75) is 6.42 Å². The number of hydrogen-bond donors (Lipinski definition) is 0. The number of rotatable bonds is 2. The molecule has 1 rings (SSSR count). The number of nitriles is 1. The normalized spacial score (nSPS) is 8.33. The van der Waals surface area contributed by atoms with Gasteiger partial charge in [-0.15, -0.1) is 0 Å². The molecule has 0 fully saturated rings. The number of Topliss-reactive ketones (excluding diaryl/α,β-unsaturated/α-hetero) is 1. The van der Waals surface area contributed by atoms with E-state index in [2.05, 4.69) is 9.69 Å². The molecule has 0 unspecified atom stereocenters. The summed E-state index contributed by atoms with van der Waals surface area (Å²) in [7, 11) is 0. The Morgan fingerprint density at radius 2 is 1.80 bits per heavy atom. The molecule has 70 valence electrons. The lowest BCUT2D eigenvalue weighted by Gasteiger charge is -1.98. The highest BCUT2D eigenvalue weighted by Gasteiger charge is 2.07. The molecule has 4 nitrogen and oxygen atoms in total. The van der Waals surface area contributed by atoms with Crippen LogP contribution >= 0.6 is 0 Å². The summed E-state index contributed by atoms with van der Waals surface area (Å²) in [5.74, 6) is -0.368. The molecule has 0 aliphatic carbocycles. The van der Waals surface area contributed by atoms with E-state index in [-0.39, 0.29) is 29.1 Å². The quantitative estimate of drug-likeness (QED) is 0.538. The van der Waals surface area contributed by atoms with Crippen molar-refractivity contribution in [3.63, 3.8) is 0 Å². The summed E-state index contributed by atoms with van der Waals surface area (Å²) >= 11 is 0. The third-order valence-corrected chi connectivity index (χ3v) is 1.72. The molecular weight excluding hydrogens is 190 g/mol. The third-order valence-electron chi connectivity index (χ3n) is 1.72. The number of benzene rings is 1. The molecule has 0 radical (unpaired) electrons. The molecule has 0 aliphatic rings. The van der Waals surface area contributed by atoms with Crippen molar-refractivity contribution in [2.24, 2.45) is 0 Å². The summed E-state index contributed by atoms with van der Waals surface area (Å²) in [6.07, 6.45) is -0.237. The predicted octanol–water partition coefficient (Wildman–Crippen LogP) is 2.88. The van der Waals surface area contributed by atoms with Crippen LogP contribution in [0.3, 0.4) is 0 Å². The van der Waals surface area contributed by atoms with E-state index in [1.54, 1.807) is 6.07 Å². The van der Waals surface area contributed by atoms with Crippen molar-refractivity contribution in [1.82, 2.24) is 0 Å². The van der Waals surface area contributed by atoms with E-state index in [1.807, 2.05) is 0 Å². The van der Waals surface area contributed by atoms with Gasteiger partial charge in [-0.25, -0.2) is 9.69 Å². The standard InChI is InChI=1S/C11H5N3O/c1-13-9-5-8(11(15)3-4-12)6-10(7-9)14-2/h5-7H,3H2. The van der Waals surface area contributed by atoms with Crippen LogP contribution in [0.15, 0.2) is 18.2 Å². The Balaban J connectivity index is 3.22. The Morgan fingerprint density at radius 3 is 2.20 bits per heavy atom. The van der Waals surface area contributed by atoms with E-state index < -0.39 is 0 Å². The van der Waals surface area contributed by atoms with Crippen LogP contribution in [0.25, 0.3) is 9.69 Å². The summed E-state index contributed by atoms with van der Waals surface area (Å²) in [6, 6.07) is 5.92. The Hall–Kier alpha value is -2.64. The maximum absolute atomic E-state index is 11.4. The Bertz CT molecular complexity index is 494. The van der Waals surface area contributed by atoms with Gasteiger partial charge in [0.25, 0.3) is 0 Å². The smallest absolute Gasteiger partial charge is 0.177 e. The summed E-state index contributed by atoms with van der Waals surface area (Å²) < 4.78 is 0. The first kappa shape index (κ1) is 10.4. The minimum absolute atomic E-state index is 0.237. The van der Waals surface area contributed by atoms with Gasteiger partial charge in [0.15, 0.2) is 17.2 Å². The molecule has 0 atom stereocenters. The molecule has 0 N–H and O–H groups in total. The van der Waals surface area contributed by atoms with Gasteiger partial charge < -0.3 is 0 Å². The van der Waals surface area contributed by atoms with Crippen LogP contribution in [0.2, 0.25) is 0 Å². The zero-order chi connectivity index (χ0) is 11.3. The summed E-state index contributed by atoms with van der Waals surface area (Å²) in [5.41, 5.74) is 0.727. The van der Waals surface area contributed by atoms with Crippen molar-refractivity contribution in [1.29, 1.82) is 5.26 Å². The fourth-order valence-electron chi connectivity index (χ4n) is 1.06. The monoisotopic (exact) mass is 195 g/mol. The second kappa shape index (κ2) is 4.56. The molecule has 0 saturated heterocycles. The molecular formula is C11H5N3O. The average Bonchev–Trinajstić information content (AvgIpc) is 2.28. The fourth-order valence-corrected chi connectivity index (χ4v) is 1.06. The van der Waals surface area contributed by atoms with Gasteiger partial charge in [0, 0.05) is 0 Å². The van der Waals surface area contributed by atoms with Crippen LogP contribution in [-0.4, -0.2) is 5.78 Å². The van der Waals surface area contributed by atoms with Gasteiger partial charge >= 0.3 is 0 Å². The van der Waals surface area contributed by atoms with Gasteiger partial charge in [0.05, 0.1) is 25.6 Å². The number of ketones is 1.